The van der Waals surface area contributed by atoms with Gasteiger partial charge in [-0.05, 0) is 58.7 Å². The van der Waals surface area contributed by atoms with E-state index < -0.39 is 17.1 Å². The van der Waals surface area contributed by atoms with Crippen LogP contribution in [0.2, 0.25) is 5.02 Å². The summed E-state index contributed by atoms with van der Waals surface area (Å²) in [5, 5.41) is 3.22. The monoisotopic (exact) mass is 355 g/mol. The first-order valence-electron chi connectivity index (χ1n) is 7.98. The Labute approximate surface area is 148 Å². The minimum atomic E-state index is -0.907. The number of nitrogens with one attached hydrogen (secondary N) is 1. The summed E-state index contributed by atoms with van der Waals surface area (Å²) in [6.45, 7) is 9.48. The van der Waals surface area contributed by atoms with Gasteiger partial charge >= 0.3 is 12.1 Å². The van der Waals surface area contributed by atoms with Crippen molar-refractivity contribution in [3.8, 4) is 0 Å². The van der Waals surface area contributed by atoms with E-state index in [1.165, 1.54) is 0 Å². The normalized spacial score (nSPS) is 13.8. The van der Waals surface area contributed by atoms with Gasteiger partial charge in [0.1, 0.15) is 5.60 Å². The molecule has 0 heterocycles. The lowest BCUT2D eigenvalue weighted by Gasteiger charge is -2.28. The van der Waals surface area contributed by atoms with E-state index in [1.807, 2.05) is 6.07 Å². The van der Waals surface area contributed by atoms with Crippen molar-refractivity contribution >= 4 is 23.7 Å². The van der Waals surface area contributed by atoms with E-state index in [2.05, 4.69) is 5.32 Å². The molecule has 5 nitrogen and oxygen atoms in total. The quantitative estimate of drug-likeness (QED) is 0.781. The zero-order valence-corrected chi connectivity index (χ0v) is 15.7. The molecule has 1 amide bonds. The van der Waals surface area contributed by atoms with Gasteiger partial charge in [0.15, 0.2) is 0 Å². The summed E-state index contributed by atoms with van der Waals surface area (Å²) in [6.07, 6.45) is -0.148. The second kappa shape index (κ2) is 8.38. The SMILES string of the molecule is CCOC(=O)C(C)(CCNC(=O)OC(C)(C)C)c1cccc(Cl)c1. The van der Waals surface area contributed by atoms with Crippen molar-refractivity contribution in [3.05, 3.63) is 34.9 Å². The molecule has 0 radical (unpaired) electrons. The van der Waals surface area contributed by atoms with Crippen LogP contribution in [-0.4, -0.2) is 30.8 Å². The number of benzene rings is 1. The average Bonchev–Trinajstić information content (AvgIpc) is 2.45. The number of alkyl carbamates (subject to hydrolysis) is 1. The highest BCUT2D eigenvalue weighted by Gasteiger charge is 2.36. The second-order valence-corrected chi connectivity index (χ2v) is 7.18. The third-order valence-electron chi connectivity index (χ3n) is 3.48. The molecule has 1 rings (SSSR count). The maximum absolute atomic E-state index is 12.5. The molecule has 0 aliphatic carbocycles. The molecule has 1 aromatic carbocycles. The lowest BCUT2D eigenvalue weighted by Crippen LogP contribution is -2.40. The van der Waals surface area contributed by atoms with Gasteiger partial charge in [-0.15, -0.1) is 0 Å². The summed E-state index contributed by atoms with van der Waals surface area (Å²) in [4.78, 5) is 24.2. The number of hydrogen-bond donors (Lipinski definition) is 1. The van der Waals surface area contributed by atoms with E-state index in [4.69, 9.17) is 21.1 Å². The molecular formula is C18H26ClNO4. The van der Waals surface area contributed by atoms with Crippen molar-refractivity contribution in [1.82, 2.24) is 5.32 Å². The van der Waals surface area contributed by atoms with Crippen LogP contribution in [-0.2, 0) is 19.7 Å². The Morgan fingerprint density at radius 3 is 2.42 bits per heavy atom. The Bertz CT molecular complexity index is 583. The third kappa shape index (κ3) is 6.04. The molecule has 1 aromatic rings. The Kier molecular flexibility index (Phi) is 7.08. The highest BCUT2D eigenvalue weighted by atomic mass is 35.5. The maximum Gasteiger partial charge on any atom is 0.407 e. The highest BCUT2D eigenvalue weighted by Crippen LogP contribution is 2.30. The second-order valence-electron chi connectivity index (χ2n) is 6.74. The number of rotatable bonds is 6. The van der Waals surface area contributed by atoms with Gasteiger partial charge in [0.2, 0.25) is 0 Å². The van der Waals surface area contributed by atoms with Crippen LogP contribution in [0.25, 0.3) is 0 Å². The summed E-state index contributed by atoms with van der Waals surface area (Å²) in [7, 11) is 0. The number of carbonyl (C=O) groups excluding carboxylic acids is 2. The van der Waals surface area contributed by atoms with Crippen molar-refractivity contribution in [2.45, 2.75) is 52.1 Å². The van der Waals surface area contributed by atoms with Crippen LogP contribution in [0, 0.1) is 0 Å². The average molecular weight is 356 g/mol. The van der Waals surface area contributed by atoms with Gasteiger partial charge in [-0.25, -0.2) is 4.79 Å². The molecule has 0 bridgehead atoms. The summed E-state index contributed by atoms with van der Waals surface area (Å²) >= 11 is 6.05. The predicted molar refractivity (Wildman–Crippen MR) is 94.3 cm³/mol. The maximum atomic E-state index is 12.5. The van der Waals surface area contributed by atoms with Crippen LogP contribution in [0.1, 0.15) is 46.6 Å². The van der Waals surface area contributed by atoms with Crippen LogP contribution in [0.5, 0.6) is 0 Å². The molecule has 1 atom stereocenters. The first kappa shape index (κ1) is 20.3. The molecule has 0 saturated heterocycles. The van der Waals surface area contributed by atoms with Crippen LogP contribution < -0.4 is 5.32 Å². The van der Waals surface area contributed by atoms with E-state index in [9.17, 15) is 9.59 Å². The third-order valence-corrected chi connectivity index (χ3v) is 3.72. The molecule has 6 heteroatoms. The lowest BCUT2D eigenvalue weighted by molar-refractivity contribution is -0.149. The van der Waals surface area contributed by atoms with Crippen molar-refractivity contribution in [2.24, 2.45) is 0 Å². The van der Waals surface area contributed by atoms with Crippen molar-refractivity contribution in [3.63, 3.8) is 0 Å². The van der Waals surface area contributed by atoms with E-state index in [0.717, 1.165) is 5.56 Å². The van der Waals surface area contributed by atoms with Gasteiger partial charge < -0.3 is 14.8 Å². The van der Waals surface area contributed by atoms with E-state index in [0.29, 0.717) is 11.4 Å². The van der Waals surface area contributed by atoms with Crippen LogP contribution in [0.15, 0.2) is 24.3 Å². The molecule has 0 spiro atoms. The number of ether oxygens (including phenoxy) is 2. The molecule has 1 unspecified atom stereocenters. The zero-order valence-electron chi connectivity index (χ0n) is 14.9. The fraction of sp³-hybridized carbons (Fsp3) is 0.556. The molecule has 1 N–H and O–H groups in total. The Morgan fingerprint density at radius 1 is 1.21 bits per heavy atom. The largest absolute Gasteiger partial charge is 0.465 e. The van der Waals surface area contributed by atoms with E-state index in [1.54, 1.807) is 52.8 Å². The minimum absolute atomic E-state index is 0.275. The number of esters is 1. The molecule has 134 valence electrons. The van der Waals surface area contributed by atoms with Gasteiger partial charge in [-0.1, -0.05) is 23.7 Å². The van der Waals surface area contributed by atoms with Crippen molar-refractivity contribution in [2.75, 3.05) is 13.2 Å². The van der Waals surface area contributed by atoms with Gasteiger partial charge in [0.05, 0.1) is 12.0 Å². The molecule has 0 saturated carbocycles. The number of halogens is 1. The smallest absolute Gasteiger partial charge is 0.407 e. The first-order chi connectivity index (χ1) is 11.1. The summed E-state index contributed by atoms with van der Waals surface area (Å²) in [5.41, 5.74) is -0.725. The minimum Gasteiger partial charge on any atom is -0.465 e. The standard InChI is InChI=1S/C18H26ClNO4/c1-6-23-15(21)18(5,13-8-7-9-14(19)12-13)10-11-20-16(22)24-17(2,3)4/h7-9,12H,6,10-11H2,1-5H3,(H,20,22). The summed E-state index contributed by atoms with van der Waals surface area (Å²) in [5.74, 6) is -0.349. The van der Waals surface area contributed by atoms with E-state index >= 15 is 0 Å². The number of carbonyl (C=O) groups is 2. The Morgan fingerprint density at radius 2 is 1.88 bits per heavy atom. The molecule has 0 aliphatic rings. The highest BCUT2D eigenvalue weighted by molar-refractivity contribution is 6.30. The van der Waals surface area contributed by atoms with Gasteiger partial charge in [0.25, 0.3) is 0 Å². The van der Waals surface area contributed by atoms with Gasteiger partial charge in [0, 0.05) is 11.6 Å². The summed E-state index contributed by atoms with van der Waals surface area (Å²) < 4.78 is 10.4. The van der Waals surface area contributed by atoms with Crippen molar-refractivity contribution < 1.29 is 19.1 Å². The van der Waals surface area contributed by atoms with Crippen LogP contribution in [0.4, 0.5) is 4.79 Å². The topological polar surface area (TPSA) is 64.6 Å². The van der Waals surface area contributed by atoms with E-state index in [-0.39, 0.29) is 19.1 Å². The summed E-state index contributed by atoms with van der Waals surface area (Å²) in [6, 6.07) is 7.11. The molecule has 0 fully saturated rings. The molecular weight excluding hydrogens is 330 g/mol. The van der Waals surface area contributed by atoms with Crippen molar-refractivity contribution in [1.29, 1.82) is 0 Å². The van der Waals surface area contributed by atoms with Crippen LogP contribution in [0.3, 0.4) is 0 Å². The lowest BCUT2D eigenvalue weighted by atomic mass is 9.79. The Balaban J connectivity index is 2.84. The number of amides is 1. The fourth-order valence-corrected chi connectivity index (χ4v) is 2.41. The first-order valence-corrected chi connectivity index (χ1v) is 8.36. The molecule has 0 aliphatic heterocycles. The Hall–Kier alpha value is -1.75. The fourth-order valence-electron chi connectivity index (χ4n) is 2.22. The number of hydrogen-bond acceptors (Lipinski definition) is 4. The molecule has 0 aromatic heterocycles. The molecule has 24 heavy (non-hydrogen) atoms. The van der Waals surface area contributed by atoms with Gasteiger partial charge in [-0.2, -0.15) is 0 Å². The van der Waals surface area contributed by atoms with Gasteiger partial charge in [-0.3, -0.25) is 4.79 Å². The van der Waals surface area contributed by atoms with Crippen LogP contribution >= 0.6 is 11.6 Å². The zero-order chi connectivity index (χ0) is 18.4. The predicted octanol–water partition coefficient (Wildman–Crippen LogP) is 4.08.